The Bertz CT molecular complexity index is 1740. The van der Waals surface area contributed by atoms with E-state index in [0.29, 0.717) is 23.0 Å². The summed E-state index contributed by atoms with van der Waals surface area (Å²) in [5.41, 5.74) is 10.4. The maximum absolute atomic E-state index is 13.5. The highest BCUT2D eigenvalue weighted by molar-refractivity contribution is 6.05. The largest absolute Gasteiger partial charge is 0.383 e. The highest BCUT2D eigenvalue weighted by atomic mass is 16.5. The number of rotatable bonds is 6. The van der Waals surface area contributed by atoms with Gasteiger partial charge in [-0.15, -0.1) is 0 Å². The van der Waals surface area contributed by atoms with Gasteiger partial charge in [0.05, 0.1) is 5.39 Å². The van der Waals surface area contributed by atoms with Crippen LogP contribution >= 0.6 is 0 Å². The second-order valence-electron chi connectivity index (χ2n) is 10.2. The van der Waals surface area contributed by atoms with Crippen LogP contribution in [0.3, 0.4) is 0 Å². The van der Waals surface area contributed by atoms with Crippen molar-refractivity contribution in [1.82, 2.24) is 19.1 Å². The molecule has 0 unspecified atom stereocenters. The van der Waals surface area contributed by atoms with E-state index in [0.717, 1.165) is 60.3 Å². The Morgan fingerprint density at radius 3 is 2.45 bits per heavy atom. The second kappa shape index (κ2) is 10.8. The zero-order chi connectivity index (χ0) is 27.6. The van der Waals surface area contributed by atoms with Gasteiger partial charge in [-0.3, -0.25) is 9.59 Å². The van der Waals surface area contributed by atoms with Crippen LogP contribution in [0.15, 0.2) is 84.3 Å². The van der Waals surface area contributed by atoms with Crippen LogP contribution in [-0.4, -0.2) is 38.2 Å². The molecule has 40 heavy (non-hydrogen) atoms. The van der Waals surface area contributed by atoms with Crippen LogP contribution in [0.4, 0.5) is 11.5 Å². The molecule has 6 rings (SSSR count). The number of nitrogens with one attached hydrogen (secondary N) is 1. The van der Waals surface area contributed by atoms with E-state index in [9.17, 15) is 9.59 Å². The number of nitrogens with two attached hydrogens (primary N) is 1. The molecule has 3 aromatic heterocycles. The third-order valence-electron chi connectivity index (χ3n) is 7.45. The number of hydrogen-bond donors (Lipinski definition) is 2. The summed E-state index contributed by atoms with van der Waals surface area (Å²) in [5, 5.41) is 3.70. The molecule has 1 fully saturated rings. The van der Waals surface area contributed by atoms with Crippen LogP contribution in [0.5, 0.6) is 0 Å². The van der Waals surface area contributed by atoms with E-state index in [2.05, 4.69) is 15.3 Å². The Kier molecular flexibility index (Phi) is 6.88. The molecule has 4 heterocycles. The Morgan fingerprint density at radius 1 is 0.975 bits per heavy atom. The van der Waals surface area contributed by atoms with Crippen molar-refractivity contribution in [3.05, 3.63) is 95.3 Å². The maximum Gasteiger partial charge on any atom is 0.261 e. The Morgan fingerprint density at radius 2 is 1.70 bits per heavy atom. The lowest BCUT2D eigenvalue weighted by atomic mass is 9.99. The van der Waals surface area contributed by atoms with E-state index in [1.165, 1.54) is 6.33 Å². The van der Waals surface area contributed by atoms with Gasteiger partial charge in [-0.2, -0.15) is 0 Å². The van der Waals surface area contributed by atoms with E-state index in [-0.39, 0.29) is 11.0 Å². The summed E-state index contributed by atoms with van der Waals surface area (Å²) >= 11 is 0. The number of pyridine rings is 1. The lowest BCUT2D eigenvalue weighted by Crippen LogP contribution is -2.26. The first-order valence-corrected chi connectivity index (χ1v) is 13.3. The number of benzene rings is 2. The van der Waals surface area contributed by atoms with Gasteiger partial charge < -0.3 is 24.9 Å². The topological polar surface area (TPSA) is 117 Å². The Balaban J connectivity index is 1.30. The predicted octanol–water partition coefficient (Wildman–Crippen LogP) is 4.73. The minimum Gasteiger partial charge on any atom is -0.383 e. The first kappa shape index (κ1) is 25.5. The molecule has 9 nitrogen and oxygen atoms in total. The van der Waals surface area contributed by atoms with Crippen LogP contribution < -0.4 is 16.5 Å². The van der Waals surface area contributed by atoms with Gasteiger partial charge in [-0.1, -0.05) is 42.5 Å². The molecule has 0 atom stereocenters. The van der Waals surface area contributed by atoms with Crippen molar-refractivity contribution in [2.75, 3.05) is 24.3 Å². The lowest BCUT2D eigenvalue weighted by molar-refractivity contribution is 0.0612. The summed E-state index contributed by atoms with van der Waals surface area (Å²) in [7, 11) is 1.91. The van der Waals surface area contributed by atoms with E-state index in [1.54, 1.807) is 6.20 Å². The van der Waals surface area contributed by atoms with Crippen LogP contribution in [0.2, 0.25) is 0 Å². The fourth-order valence-electron chi connectivity index (χ4n) is 5.33. The van der Waals surface area contributed by atoms with Gasteiger partial charge in [0.1, 0.15) is 23.4 Å². The molecule has 0 saturated carbocycles. The number of aromatic nitrogens is 4. The van der Waals surface area contributed by atoms with Crippen LogP contribution in [0.1, 0.15) is 23.2 Å². The number of nitrogens with zero attached hydrogens (tertiary/aromatic N) is 4. The van der Waals surface area contributed by atoms with Crippen LogP contribution in [0, 0.1) is 5.92 Å². The summed E-state index contributed by atoms with van der Waals surface area (Å²) < 4.78 is 9.39. The second-order valence-corrected chi connectivity index (χ2v) is 10.2. The van der Waals surface area contributed by atoms with Crippen LogP contribution in [0.25, 0.3) is 33.3 Å². The fourth-order valence-corrected chi connectivity index (χ4v) is 5.33. The standard InChI is InChI=1S/C31H30N6O3/c1-36-16-24(27-29(32)33-19-34-30(27)36)22-7-9-23(10-8-22)35-31(39)26-18-37(15-20-11-13-40-14-12-20)17-25(28(26)38)21-5-3-2-4-6-21/h2-10,16-20H,11-15H2,1H3,(H,35,39)(H2,32,33,34). The van der Waals surface area contributed by atoms with Crippen molar-refractivity contribution in [3.63, 3.8) is 0 Å². The molecule has 0 bridgehead atoms. The zero-order valence-electron chi connectivity index (χ0n) is 22.2. The number of aryl methyl sites for hydroxylation is 1. The van der Waals surface area contributed by atoms with Crippen molar-refractivity contribution in [2.45, 2.75) is 19.4 Å². The molecule has 9 heteroatoms. The highest BCUT2D eigenvalue weighted by Gasteiger charge is 2.20. The number of hydrogen-bond acceptors (Lipinski definition) is 6. The molecule has 2 aromatic carbocycles. The molecule has 0 spiro atoms. The van der Waals surface area contributed by atoms with Gasteiger partial charge in [0.2, 0.25) is 5.43 Å². The molecule has 3 N–H and O–H groups in total. The third kappa shape index (κ3) is 4.99. The van der Waals surface area contributed by atoms with E-state index < -0.39 is 5.91 Å². The van der Waals surface area contributed by atoms with Crippen molar-refractivity contribution in [1.29, 1.82) is 0 Å². The van der Waals surface area contributed by atoms with Crippen molar-refractivity contribution in [2.24, 2.45) is 13.0 Å². The van der Waals surface area contributed by atoms with Gasteiger partial charge >= 0.3 is 0 Å². The predicted molar refractivity (Wildman–Crippen MR) is 156 cm³/mol. The molecule has 1 saturated heterocycles. The minimum absolute atomic E-state index is 0.108. The van der Waals surface area contributed by atoms with E-state index in [4.69, 9.17) is 10.5 Å². The highest BCUT2D eigenvalue weighted by Crippen LogP contribution is 2.32. The number of fused-ring (bicyclic) bond motifs is 1. The number of amides is 1. The number of anilines is 2. The maximum atomic E-state index is 13.5. The quantitative estimate of drug-likeness (QED) is 0.325. The fraction of sp³-hybridized carbons (Fsp3) is 0.226. The number of carbonyl (C=O) groups is 1. The monoisotopic (exact) mass is 534 g/mol. The minimum atomic E-state index is -0.445. The van der Waals surface area contributed by atoms with Gasteiger partial charge in [0.15, 0.2) is 0 Å². The Hall–Kier alpha value is -4.76. The average Bonchev–Trinajstić information content (AvgIpc) is 3.32. The summed E-state index contributed by atoms with van der Waals surface area (Å²) in [4.78, 5) is 35.5. The average molecular weight is 535 g/mol. The molecular weight excluding hydrogens is 504 g/mol. The SMILES string of the molecule is Cn1cc(-c2ccc(NC(=O)c3cn(CC4CCOCC4)cc(-c4ccccc4)c3=O)cc2)c2c(N)ncnc21. The summed E-state index contributed by atoms with van der Waals surface area (Å²) in [6.07, 6.45) is 8.85. The smallest absolute Gasteiger partial charge is 0.261 e. The Labute approximate surface area is 231 Å². The summed E-state index contributed by atoms with van der Waals surface area (Å²) in [6, 6.07) is 16.9. The van der Waals surface area contributed by atoms with Crippen LogP contribution in [-0.2, 0) is 18.3 Å². The molecule has 1 amide bonds. The van der Waals surface area contributed by atoms with Gasteiger partial charge in [0, 0.05) is 62.2 Å². The normalized spacial score (nSPS) is 13.9. The van der Waals surface area contributed by atoms with Crippen molar-refractivity contribution >= 4 is 28.4 Å². The molecule has 0 aliphatic carbocycles. The summed E-state index contributed by atoms with van der Waals surface area (Å²) in [6.45, 7) is 2.19. The first-order valence-electron chi connectivity index (χ1n) is 13.3. The molecular formula is C31H30N6O3. The lowest BCUT2D eigenvalue weighted by Gasteiger charge is -2.23. The van der Waals surface area contributed by atoms with Gasteiger partial charge in [0.25, 0.3) is 5.91 Å². The van der Waals surface area contributed by atoms with Gasteiger partial charge in [-0.05, 0) is 42.0 Å². The number of carbonyl (C=O) groups excluding carboxylic acids is 1. The zero-order valence-corrected chi connectivity index (χ0v) is 22.2. The summed E-state index contributed by atoms with van der Waals surface area (Å²) in [5.74, 6) is 0.393. The molecule has 5 aromatic rings. The third-order valence-corrected chi connectivity index (χ3v) is 7.45. The molecule has 1 aliphatic rings. The van der Waals surface area contributed by atoms with Crippen molar-refractivity contribution < 1.29 is 9.53 Å². The molecule has 0 radical (unpaired) electrons. The van der Waals surface area contributed by atoms with Gasteiger partial charge in [-0.25, -0.2) is 9.97 Å². The van der Waals surface area contributed by atoms with E-state index in [1.807, 2.05) is 83.2 Å². The molecule has 1 aliphatic heterocycles. The van der Waals surface area contributed by atoms with E-state index >= 15 is 0 Å². The van der Waals surface area contributed by atoms with Crippen molar-refractivity contribution in [3.8, 4) is 22.3 Å². The first-order chi connectivity index (χ1) is 19.5. The molecule has 202 valence electrons. The number of ether oxygens (including phenoxy) is 1. The number of nitrogen functional groups attached to an aromatic ring is 1.